The van der Waals surface area contributed by atoms with Gasteiger partial charge in [-0.1, -0.05) is 26.5 Å². The molecule has 232 valence electrons. The maximum atomic E-state index is 13.3. The number of carbonyl (C=O) groups is 2. The van der Waals surface area contributed by atoms with Gasteiger partial charge in [0.1, 0.15) is 11.7 Å². The average Bonchev–Trinajstić information content (AvgIpc) is 3.76. The fourth-order valence-corrected chi connectivity index (χ4v) is 7.15. The van der Waals surface area contributed by atoms with Gasteiger partial charge in [-0.2, -0.15) is 0 Å². The standard InChI is InChI=1S/C36H38N4O5/c1-9-20-16(3)23-13-25-18(5)22(11-12-29(41)44-7)33(39-25)31-32(36(43)45-8)35(42)30-19(6)26(40-34(30)31)15-28-21(10-2)17(4)24(38-28)14-27(20)37-23/h9,13-15,18,22,32,39,42H,1,10-12H2,2-8H3/t18-,22-,32+/m0/s1. The maximum Gasteiger partial charge on any atom is 0.321 e. The van der Waals surface area contributed by atoms with Crippen molar-refractivity contribution in [2.75, 3.05) is 14.2 Å². The van der Waals surface area contributed by atoms with Gasteiger partial charge in [0.05, 0.1) is 48.4 Å². The minimum Gasteiger partial charge on any atom is -0.510 e. The number of aliphatic hydroxyl groups is 1. The summed E-state index contributed by atoms with van der Waals surface area (Å²) < 4.78 is 10.2. The summed E-state index contributed by atoms with van der Waals surface area (Å²) in [5.41, 5.74) is 12.0. The molecule has 0 amide bonds. The van der Waals surface area contributed by atoms with Crippen LogP contribution in [-0.4, -0.2) is 48.4 Å². The highest BCUT2D eigenvalue weighted by Gasteiger charge is 2.49. The first-order valence-corrected chi connectivity index (χ1v) is 15.3. The summed E-state index contributed by atoms with van der Waals surface area (Å²) in [6.45, 7) is 14.3. The monoisotopic (exact) mass is 606 g/mol. The third-order valence-electron chi connectivity index (χ3n) is 9.75. The summed E-state index contributed by atoms with van der Waals surface area (Å²) in [6.07, 6.45) is 9.25. The van der Waals surface area contributed by atoms with Crippen molar-refractivity contribution in [3.8, 4) is 0 Å². The number of nitrogens with zero attached hydrogens (tertiary/aromatic N) is 3. The van der Waals surface area contributed by atoms with Crippen LogP contribution in [0.4, 0.5) is 0 Å². The molecule has 5 heterocycles. The third kappa shape index (κ3) is 4.64. The number of aliphatic imine (C=N–C) groups is 3. The van der Waals surface area contributed by atoms with E-state index in [1.807, 2.05) is 38.2 Å². The van der Waals surface area contributed by atoms with E-state index < -0.39 is 11.9 Å². The number of hydrogen-bond acceptors (Lipinski definition) is 9. The van der Waals surface area contributed by atoms with Crippen LogP contribution in [0.3, 0.4) is 0 Å². The molecule has 9 heteroatoms. The van der Waals surface area contributed by atoms with Crippen LogP contribution in [0, 0.1) is 17.8 Å². The predicted molar refractivity (Wildman–Crippen MR) is 174 cm³/mol. The molecule has 9 nitrogen and oxygen atoms in total. The fraction of sp³-hybridized carbons (Fsp3) is 0.361. The van der Waals surface area contributed by atoms with E-state index in [-0.39, 0.29) is 30.0 Å². The summed E-state index contributed by atoms with van der Waals surface area (Å²) in [5.74, 6) is -2.33. The average molecular weight is 607 g/mol. The molecule has 0 unspecified atom stereocenters. The highest BCUT2D eigenvalue weighted by molar-refractivity contribution is 6.24. The van der Waals surface area contributed by atoms with E-state index in [0.717, 1.165) is 68.5 Å². The smallest absolute Gasteiger partial charge is 0.321 e. The molecule has 6 rings (SSSR count). The molecule has 0 aromatic rings. The normalized spacial score (nSPS) is 25.3. The number of aliphatic hydroxyl groups excluding tert-OH is 1. The van der Waals surface area contributed by atoms with Crippen LogP contribution in [-0.2, 0) is 19.1 Å². The van der Waals surface area contributed by atoms with Crippen LogP contribution in [0.25, 0.3) is 0 Å². The number of hydrogen-bond donors (Lipinski definition) is 2. The topological polar surface area (TPSA) is 122 Å². The minimum atomic E-state index is -1.06. The van der Waals surface area contributed by atoms with E-state index in [4.69, 9.17) is 24.5 Å². The van der Waals surface area contributed by atoms with E-state index in [1.165, 1.54) is 14.2 Å². The molecule has 2 N–H and O–H groups in total. The summed E-state index contributed by atoms with van der Waals surface area (Å²) in [5, 5.41) is 15.2. The molecule has 0 spiro atoms. The van der Waals surface area contributed by atoms with E-state index >= 15 is 0 Å². The summed E-state index contributed by atoms with van der Waals surface area (Å²) >= 11 is 0. The molecule has 1 saturated heterocycles. The quantitative estimate of drug-likeness (QED) is 0.348. The van der Waals surface area contributed by atoms with E-state index in [2.05, 4.69) is 32.7 Å². The van der Waals surface area contributed by atoms with Crippen molar-refractivity contribution >= 4 is 29.1 Å². The van der Waals surface area contributed by atoms with Crippen molar-refractivity contribution in [2.45, 2.75) is 53.9 Å². The molecule has 45 heavy (non-hydrogen) atoms. The summed E-state index contributed by atoms with van der Waals surface area (Å²) in [6, 6.07) is 0. The SMILES string of the molecule is C=CC1=C(C)C2=NC1=CC1=NC(=CC3=C(C)C4=C(O)[C@H](C(=O)OC)C(=C5NC(=C2)[C@@H](C)[C@@H]5CCC(=O)OC)C4=N3)C(CC)=C1C. The van der Waals surface area contributed by atoms with Crippen molar-refractivity contribution in [3.05, 3.63) is 104 Å². The van der Waals surface area contributed by atoms with Crippen molar-refractivity contribution < 1.29 is 24.2 Å². The zero-order valence-electron chi connectivity index (χ0n) is 26.8. The zero-order chi connectivity index (χ0) is 32.3. The van der Waals surface area contributed by atoms with E-state index in [9.17, 15) is 14.7 Å². The lowest BCUT2D eigenvalue weighted by molar-refractivity contribution is -0.143. The molecule has 3 atom stereocenters. The van der Waals surface area contributed by atoms with Gasteiger partial charge in [-0.25, -0.2) is 15.0 Å². The fourth-order valence-electron chi connectivity index (χ4n) is 7.15. The van der Waals surface area contributed by atoms with Crippen LogP contribution in [0.5, 0.6) is 0 Å². The molecule has 5 aliphatic heterocycles. The number of rotatable bonds is 6. The number of allylic oxidation sites excluding steroid dienone is 11. The number of esters is 2. The zero-order valence-corrected chi connectivity index (χ0v) is 26.8. The molecule has 0 saturated carbocycles. The summed E-state index contributed by atoms with van der Waals surface area (Å²) in [7, 11) is 2.69. The first-order valence-electron chi connectivity index (χ1n) is 15.3. The Kier molecular flexibility index (Phi) is 7.59. The van der Waals surface area contributed by atoms with Crippen molar-refractivity contribution in [1.82, 2.24) is 5.32 Å². The van der Waals surface area contributed by atoms with Crippen LogP contribution >= 0.6 is 0 Å². The minimum absolute atomic E-state index is 0.0802. The Labute approximate surface area is 263 Å². The van der Waals surface area contributed by atoms with Gasteiger partial charge < -0.3 is 19.9 Å². The second-order valence-electron chi connectivity index (χ2n) is 12.0. The van der Waals surface area contributed by atoms with Crippen molar-refractivity contribution in [3.63, 3.8) is 0 Å². The molecular formula is C36H38N4O5. The highest BCUT2D eigenvalue weighted by Crippen LogP contribution is 2.49. The lowest BCUT2D eigenvalue weighted by Gasteiger charge is -2.20. The van der Waals surface area contributed by atoms with Gasteiger partial charge in [0.25, 0.3) is 0 Å². The molecular weight excluding hydrogens is 568 g/mol. The largest absolute Gasteiger partial charge is 0.510 e. The maximum absolute atomic E-state index is 13.3. The van der Waals surface area contributed by atoms with E-state index in [1.54, 1.807) is 0 Å². The molecule has 8 bridgehead atoms. The molecule has 0 aromatic heterocycles. The van der Waals surface area contributed by atoms with Crippen LogP contribution < -0.4 is 5.32 Å². The predicted octanol–water partition coefficient (Wildman–Crippen LogP) is 6.20. The second kappa shape index (κ2) is 11.3. The van der Waals surface area contributed by atoms with Gasteiger partial charge in [-0.15, -0.1) is 0 Å². The van der Waals surface area contributed by atoms with Crippen molar-refractivity contribution in [2.24, 2.45) is 32.7 Å². The Morgan fingerprint density at radius 1 is 1.00 bits per heavy atom. The second-order valence-corrected chi connectivity index (χ2v) is 12.0. The van der Waals surface area contributed by atoms with Crippen LogP contribution in [0.2, 0.25) is 0 Å². The molecule has 1 fully saturated rings. The van der Waals surface area contributed by atoms with Crippen molar-refractivity contribution in [1.29, 1.82) is 0 Å². The molecule has 0 aromatic carbocycles. The molecule has 6 aliphatic rings. The lowest BCUT2D eigenvalue weighted by Crippen LogP contribution is -2.25. The van der Waals surface area contributed by atoms with Gasteiger partial charge in [-0.3, -0.25) is 9.59 Å². The highest BCUT2D eigenvalue weighted by atomic mass is 16.5. The lowest BCUT2D eigenvalue weighted by atomic mass is 9.84. The number of ether oxygens (including phenoxy) is 2. The van der Waals surface area contributed by atoms with Gasteiger partial charge in [0, 0.05) is 46.4 Å². The number of carbonyl (C=O) groups excluding carboxylic acids is 2. The Bertz CT molecular complexity index is 1830. The Morgan fingerprint density at radius 2 is 1.71 bits per heavy atom. The Balaban J connectivity index is 1.66. The Morgan fingerprint density at radius 3 is 2.38 bits per heavy atom. The number of methoxy groups -OCH3 is 2. The number of nitrogens with one attached hydrogen (secondary N) is 1. The molecule has 1 aliphatic carbocycles. The van der Waals surface area contributed by atoms with E-state index in [0.29, 0.717) is 29.0 Å². The van der Waals surface area contributed by atoms with Gasteiger partial charge >= 0.3 is 11.9 Å². The Hall–Kier alpha value is -4.79. The number of fused-ring (bicyclic) bond motifs is 5. The first kappa shape index (κ1) is 30.2. The van der Waals surface area contributed by atoms with Gasteiger partial charge in [0.2, 0.25) is 0 Å². The van der Waals surface area contributed by atoms with Crippen LogP contribution in [0.15, 0.2) is 119 Å². The van der Waals surface area contributed by atoms with Crippen LogP contribution in [0.1, 0.15) is 53.9 Å². The third-order valence-corrected chi connectivity index (χ3v) is 9.75. The first-order chi connectivity index (χ1) is 21.5. The summed E-state index contributed by atoms with van der Waals surface area (Å²) in [4.78, 5) is 40.7. The van der Waals surface area contributed by atoms with Gasteiger partial charge in [0.15, 0.2) is 0 Å². The van der Waals surface area contributed by atoms with Gasteiger partial charge in [-0.05, 0) is 74.1 Å². The molecule has 0 radical (unpaired) electrons.